The Bertz CT molecular complexity index is 3720. The number of aromatic nitrogens is 1. The lowest BCUT2D eigenvalue weighted by atomic mass is 9.87. The highest BCUT2D eigenvalue weighted by atomic mass is 16.5. The van der Waals surface area contributed by atoms with Gasteiger partial charge in [-0.05, 0) is 132 Å². The number of benzene rings is 7. The third-order valence-corrected chi connectivity index (χ3v) is 19.3. The molecule has 0 saturated carbocycles. The van der Waals surface area contributed by atoms with E-state index in [-0.39, 0.29) is 77.7 Å². The highest BCUT2D eigenvalue weighted by Gasteiger charge is 2.27. The van der Waals surface area contributed by atoms with E-state index in [9.17, 15) is 24.0 Å². The maximum atomic E-state index is 13.3. The SMILES string of the molecule is CCCC(C)COc1ccc([C@H](CNC(=O)[C@@H](C)N)CC(=O)[C@@H](C)c2ccccc2)cc1.CCCC(C)COc1ccc([C@H](CNC(=O)[C@H](N)CCO)CC(=O)[C@@H](C)c2ccccc2)cc1.CCCC(C)COc1ccc([C@H](CNCc2c[nH]c3ccccc23)CC(=O)[C@@H](C)c2ccccc2)cc1. The zero-order valence-electron chi connectivity index (χ0n) is 62.9. The van der Waals surface area contributed by atoms with Crippen molar-refractivity contribution in [2.75, 3.05) is 46.1 Å². The van der Waals surface area contributed by atoms with Gasteiger partial charge < -0.3 is 51.7 Å². The molecule has 0 fully saturated rings. The molecule has 15 nitrogen and oxygen atoms in total. The zero-order chi connectivity index (χ0) is 74.5. The summed E-state index contributed by atoms with van der Waals surface area (Å²) in [4.78, 5) is 67.2. The number of nitrogens with two attached hydrogens (primary N) is 2. The van der Waals surface area contributed by atoms with Crippen molar-refractivity contribution in [1.29, 1.82) is 0 Å². The molecule has 1 heterocycles. The molecule has 15 heteroatoms. The molecule has 0 saturated heterocycles. The summed E-state index contributed by atoms with van der Waals surface area (Å²) >= 11 is 0. The maximum Gasteiger partial charge on any atom is 0.237 e. The number of H-pyrrole nitrogens is 1. The lowest BCUT2D eigenvalue weighted by Crippen LogP contribution is -2.42. The van der Waals surface area contributed by atoms with Gasteiger partial charge in [-0.1, -0.05) is 227 Å². The summed E-state index contributed by atoms with van der Waals surface area (Å²) in [7, 11) is 0. The van der Waals surface area contributed by atoms with Crippen LogP contribution in [0.15, 0.2) is 194 Å². The van der Waals surface area contributed by atoms with Crippen LogP contribution in [0.25, 0.3) is 10.9 Å². The first kappa shape index (κ1) is 83.2. The van der Waals surface area contributed by atoms with Crippen molar-refractivity contribution >= 4 is 40.1 Å². The third kappa shape index (κ3) is 28.8. The summed E-state index contributed by atoms with van der Waals surface area (Å²) < 4.78 is 17.8. The first-order chi connectivity index (χ1) is 49.7. The normalized spacial score (nSPS) is 14.4. The van der Waals surface area contributed by atoms with Gasteiger partial charge in [0.25, 0.3) is 0 Å². The Morgan fingerprint density at radius 1 is 0.417 bits per heavy atom. The van der Waals surface area contributed by atoms with Gasteiger partial charge in [-0.3, -0.25) is 24.0 Å². The molecule has 554 valence electrons. The number of aromatic amines is 1. The molecule has 0 aliphatic heterocycles. The highest BCUT2D eigenvalue weighted by Crippen LogP contribution is 2.32. The molecular formula is C88H118N6O9. The van der Waals surface area contributed by atoms with E-state index in [4.69, 9.17) is 30.8 Å². The van der Waals surface area contributed by atoms with E-state index >= 15 is 0 Å². The van der Waals surface area contributed by atoms with Crippen LogP contribution < -0.4 is 41.6 Å². The first-order valence-corrected chi connectivity index (χ1v) is 37.6. The Hall–Kier alpha value is -8.73. The summed E-state index contributed by atoms with van der Waals surface area (Å²) in [6.07, 6.45) is 10.3. The maximum absolute atomic E-state index is 13.3. The van der Waals surface area contributed by atoms with Crippen LogP contribution in [0, 0.1) is 17.8 Å². The predicted octanol–water partition coefficient (Wildman–Crippen LogP) is 16.6. The quantitative estimate of drug-likeness (QED) is 0.0189. The van der Waals surface area contributed by atoms with Crippen molar-refractivity contribution in [3.05, 3.63) is 233 Å². The van der Waals surface area contributed by atoms with Crippen LogP contribution in [0.4, 0.5) is 0 Å². The van der Waals surface area contributed by atoms with Crippen molar-refractivity contribution in [2.24, 2.45) is 29.2 Å². The van der Waals surface area contributed by atoms with Gasteiger partial charge in [-0.25, -0.2) is 0 Å². The Kier molecular flexibility index (Phi) is 36.7. The minimum atomic E-state index is -0.773. The zero-order valence-corrected chi connectivity index (χ0v) is 62.9. The Labute approximate surface area is 614 Å². The van der Waals surface area contributed by atoms with E-state index < -0.39 is 12.1 Å². The van der Waals surface area contributed by atoms with Gasteiger partial charge in [0.1, 0.15) is 34.6 Å². The number of para-hydroxylation sites is 1. The number of ether oxygens (including phenoxy) is 3. The lowest BCUT2D eigenvalue weighted by Gasteiger charge is -2.21. The number of carbonyl (C=O) groups is 5. The lowest BCUT2D eigenvalue weighted by molar-refractivity contribution is -0.123. The minimum Gasteiger partial charge on any atom is -0.493 e. The summed E-state index contributed by atoms with van der Waals surface area (Å²) in [6.45, 7) is 24.7. The molecule has 0 bridgehead atoms. The van der Waals surface area contributed by atoms with Crippen molar-refractivity contribution in [3.63, 3.8) is 0 Å². The number of aliphatic hydroxyl groups is 1. The molecule has 8 aromatic rings. The predicted molar refractivity (Wildman–Crippen MR) is 419 cm³/mol. The summed E-state index contributed by atoms with van der Waals surface area (Å²) in [5.74, 6) is 3.21. The van der Waals surface area contributed by atoms with E-state index in [1.165, 1.54) is 23.8 Å². The van der Waals surface area contributed by atoms with Gasteiger partial charge in [-0.2, -0.15) is 0 Å². The molecule has 2 amide bonds. The number of amides is 2. The summed E-state index contributed by atoms with van der Waals surface area (Å²) in [6, 6.07) is 60.5. The number of hydrogen-bond acceptors (Lipinski definition) is 12. The van der Waals surface area contributed by atoms with E-state index in [1.807, 2.05) is 178 Å². The molecule has 11 atom stereocenters. The molecule has 0 spiro atoms. The van der Waals surface area contributed by atoms with E-state index in [2.05, 4.69) is 99.0 Å². The van der Waals surface area contributed by atoms with Crippen molar-refractivity contribution in [1.82, 2.24) is 20.9 Å². The molecule has 0 aliphatic carbocycles. The van der Waals surface area contributed by atoms with Gasteiger partial charge in [0.2, 0.25) is 11.8 Å². The fourth-order valence-electron chi connectivity index (χ4n) is 12.6. The second-order valence-electron chi connectivity index (χ2n) is 28.2. The fraction of sp³-hybridized carbons (Fsp3) is 0.443. The van der Waals surface area contributed by atoms with Crippen LogP contribution in [0.5, 0.6) is 17.2 Å². The summed E-state index contributed by atoms with van der Waals surface area (Å²) in [5, 5.41) is 19.7. The average Bonchev–Trinajstić information content (AvgIpc) is 1.79. The van der Waals surface area contributed by atoms with Crippen LogP contribution in [0.1, 0.15) is 208 Å². The Morgan fingerprint density at radius 2 is 0.757 bits per heavy atom. The third-order valence-electron chi connectivity index (χ3n) is 19.3. The van der Waals surface area contributed by atoms with Crippen LogP contribution in [0.3, 0.4) is 0 Å². The highest BCUT2D eigenvalue weighted by molar-refractivity contribution is 5.88. The molecule has 8 rings (SSSR count). The Balaban J connectivity index is 0.000000243. The van der Waals surface area contributed by atoms with Gasteiger partial charge in [0.05, 0.1) is 31.9 Å². The van der Waals surface area contributed by atoms with Gasteiger partial charge in [-0.15, -0.1) is 0 Å². The second kappa shape index (κ2) is 45.4. The van der Waals surface area contributed by atoms with Crippen LogP contribution >= 0.6 is 0 Å². The molecule has 9 N–H and O–H groups in total. The van der Waals surface area contributed by atoms with Crippen molar-refractivity contribution < 1.29 is 43.3 Å². The molecule has 7 aromatic carbocycles. The van der Waals surface area contributed by atoms with Crippen LogP contribution in [0.2, 0.25) is 0 Å². The second-order valence-corrected chi connectivity index (χ2v) is 28.2. The van der Waals surface area contributed by atoms with Gasteiger partial charge in [0, 0.05) is 105 Å². The fourth-order valence-corrected chi connectivity index (χ4v) is 12.6. The van der Waals surface area contributed by atoms with Gasteiger partial charge in [0.15, 0.2) is 0 Å². The van der Waals surface area contributed by atoms with E-state index in [0.717, 1.165) is 102 Å². The number of fused-ring (bicyclic) bond motifs is 1. The summed E-state index contributed by atoms with van der Waals surface area (Å²) in [5.41, 5.74) is 20.1. The topological polar surface area (TPSA) is 237 Å². The Morgan fingerprint density at radius 3 is 1.11 bits per heavy atom. The van der Waals surface area contributed by atoms with Crippen LogP contribution in [-0.4, -0.2) is 97.4 Å². The average molecular weight is 1400 g/mol. The number of ketones is 3. The first-order valence-electron chi connectivity index (χ1n) is 37.6. The van der Waals surface area contributed by atoms with Crippen molar-refractivity contribution in [3.8, 4) is 17.2 Å². The number of carbonyl (C=O) groups excluding carboxylic acids is 5. The van der Waals surface area contributed by atoms with Crippen molar-refractivity contribution in [2.45, 2.75) is 188 Å². The van der Waals surface area contributed by atoms with E-state index in [1.54, 1.807) is 6.92 Å². The smallest absolute Gasteiger partial charge is 0.237 e. The van der Waals surface area contributed by atoms with E-state index in [0.29, 0.717) is 63.3 Å². The molecule has 3 unspecified atom stereocenters. The number of aliphatic hydroxyl groups excluding tert-OH is 1. The van der Waals surface area contributed by atoms with Crippen LogP contribution in [-0.2, 0) is 30.5 Å². The standard InChI is InChI=1S/C33H40N2O2.C28H40N2O4.C27H38N2O3/c1-4-10-24(2)23-37-30-17-15-27(16-18-30)28(19-33(36)25(3)26-11-6-5-7-12-26)20-34-21-29-22-35-32-14-9-8-13-31(29)32;1-4-8-20(2)19-34-25-13-11-23(12-14-25)24(18-30-28(33)26(29)15-16-31)17-27(32)21(3)22-9-6-5-7-10-22;1-5-9-19(2)18-32-25-14-12-23(13-15-25)24(17-29-27(31)21(4)28)16-26(30)20(3)22-10-7-6-8-11-22/h5-9,11-18,22,24-25,28,34-35H,4,10,19-21,23H2,1-3H3;5-7,9-14,20-21,24,26,31H,4,8,15-19,29H2,1-3H3,(H,30,33);6-8,10-15,19-21,24H,5,9,16-18,28H2,1-4H3,(H,29,31)/t24?,25-,28-;20?,21-,24-,26+;19?,20-,21+,24-/m000/s1. The largest absolute Gasteiger partial charge is 0.493 e. The van der Waals surface area contributed by atoms with Gasteiger partial charge >= 0.3 is 0 Å². The number of rotatable bonds is 42. The monoisotopic (exact) mass is 1400 g/mol. The minimum absolute atomic E-state index is 0.0805. The molecular weight excluding hydrogens is 1290 g/mol. The number of hydrogen-bond donors (Lipinski definition) is 7. The molecule has 0 radical (unpaired) electrons. The number of nitrogens with one attached hydrogen (secondary N) is 4. The molecule has 1 aromatic heterocycles. The molecule has 103 heavy (non-hydrogen) atoms. The number of Topliss-reactive ketones (excluding diaryl/α,β-unsaturated/α-hetero) is 3. The molecule has 0 aliphatic rings.